The molecule has 194 valence electrons. The van der Waals surface area contributed by atoms with Crippen LogP contribution in [0.15, 0.2) is 34.1 Å². The zero-order valence-electron chi connectivity index (χ0n) is 17.8. The van der Waals surface area contributed by atoms with E-state index in [4.69, 9.17) is 9.47 Å². The van der Waals surface area contributed by atoms with Crippen molar-refractivity contribution in [3.8, 4) is 11.5 Å². The number of ether oxygens (including phenoxy) is 2. The van der Waals surface area contributed by atoms with Gasteiger partial charge in [-0.25, -0.2) is 15.6 Å². The summed E-state index contributed by atoms with van der Waals surface area (Å²) in [7, 11) is -8.31. The van der Waals surface area contributed by atoms with Gasteiger partial charge < -0.3 is 9.47 Å². The van der Waals surface area contributed by atoms with E-state index < -0.39 is 80.2 Å². The number of methoxy groups -OCH3 is 2. The van der Waals surface area contributed by atoms with E-state index in [1.807, 2.05) is 0 Å². The maximum atomic E-state index is 12.2. The Labute approximate surface area is 200 Å². The number of hydrogen-bond donors (Lipinski definition) is 4. The summed E-state index contributed by atoms with van der Waals surface area (Å²) < 4.78 is 76.2. The molecule has 2 aromatic rings. The fourth-order valence-corrected chi connectivity index (χ4v) is 4.40. The van der Waals surface area contributed by atoms with E-state index in [0.717, 1.165) is 14.2 Å². The zero-order chi connectivity index (χ0) is 27.2. The van der Waals surface area contributed by atoms with Crippen molar-refractivity contribution in [1.82, 2.24) is 10.9 Å². The molecule has 0 spiro atoms. The number of amides is 2. The zero-order valence-corrected chi connectivity index (χ0v) is 19.4. The molecule has 1 heterocycles. The lowest BCUT2D eigenvalue weighted by Crippen LogP contribution is -2.46. The van der Waals surface area contributed by atoms with Gasteiger partial charge in [0.2, 0.25) is 0 Å². The highest BCUT2D eigenvalue weighted by molar-refractivity contribution is 7.86. The van der Waals surface area contributed by atoms with E-state index in [1.54, 1.807) is 0 Å². The third-order valence-corrected chi connectivity index (χ3v) is 6.31. The first kappa shape index (κ1) is 26.1. The standard InChI is InChI=1S/C15H14N6O13S2/c1-33-11-3-9(20(23)24)13(35(27,28)29)5-7(11)18-16-15(22)17-19(18)8-6-14(36(30,31)32)10(21(25)26)4-12(8)34-2/h3-6H,1-2H3,(H2,16,17,22)(H,27,28,29)(H,30,31,32). The van der Waals surface area contributed by atoms with Gasteiger partial charge in [0, 0.05) is 0 Å². The van der Waals surface area contributed by atoms with Gasteiger partial charge in [-0.2, -0.15) is 27.1 Å². The molecule has 0 unspecified atom stereocenters. The van der Waals surface area contributed by atoms with Crippen molar-refractivity contribution < 1.29 is 50.1 Å². The number of anilines is 2. The molecule has 1 fully saturated rings. The Morgan fingerprint density at radius 1 is 0.778 bits per heavy atom. The highest BCUT2D eigenvalue weighted by Crippen LogP contribution is 2.42. The fourth-order valence-electron chi connectivity index (χ4n) is 3.09. The Balaban J connectivity index is 2.33. The monoisotopic (exact) mass is 550 g/mol. The highest BCUT2D eigenvalue weighted by atomic mass is 32.2. The number of carbonyl (C=O) groups is 1. The predicted octanol–water partition coefficient (Wildman–Crippen LogP) is 0.384. The maximum Gasteiger partial charge on any atom is 0.355 e. The molecule has 1 saturated heterocycles. The SMILES string of the molecule is COc1cc([N+](=O)[O-])c(S(=O)(=O)O)cc1N1NC(=O)NN1c1cc(S(=O)(=O)O)c([N+](=O)[O-])cc1OC. The van der Waals surface area contributed by atoms with Crippen LogP contribution in [0, 0.1) is 20.2 Å². The van der Waals surface area contributed by atoms with E-state index in [1.165, 1.54) is 0 Å². The van der Waals surface area contributed by atoms with E-state index in [9.17, 15) is 51.0 Å². The van der Waals surface area contributed by atoms with Gasteiger partial charge in [-0.1, -0.05) is 0 Å². The van der Waals surface area contributed by atoms with Crippen LogP contribution in [-0.2, 0) is 20.2 Å². The van der Waals surface area contributed by atoms with Gasteiger partial charge in [-0.15, -0.1) is 0 Å². The number of carbonyl (C=O) groups excluding carboxylic acids is 1. The molecule has 3 rings (SSSR count). The second-order valence-corrected chi connectivity index (χ2v) is 9.40. The van der Waals surface area contributed by atoms with Gasteiger partial charge in [-0.05, 0) is 12.1 Å². The van der Waals surface area contributed by atoms with Crippen LogP contribution in [-0.4, -0.2) is 56.0 Å². The molecular weight excluding hydrogens is 536 g/mol. The van der Waals surface area contributed by atoms with Gasteiger partial charge >= 0.3 is 26.3 Å². The second kappa shape index (κ2) is 8.95. The molecule has 36 heavy (non-hydrogen) atoms. The largest absolute Gasteiger partial charge is 0.494 e. The third kappa shape index (κ3) is 4.70. The predicted molar refractivity (Wildman–Crippen MR) is 116 cm³/mol. The van der Waals surface area contributed by atoms with Crippen LogP contribution in [0.1, 0.15) is 0 Å². The topological polar surface area (TPSA) is 261 Å². The summed E-state index contributed by atoms with van der Waals surface area (Å²) >= 11 is 0. The summed E-state index contributed by atoms with van der Waals surface area (Å²) in [6.45, 7) is 0. The average Bonchev–Trinajstić information content (AvgIpc) is 3.16. The first-order valence-electron chi connectivity index (χ1n) is 8.95. The lowest BCUT2D eigenvalue weighted by Gasteiger charge is -2.30. The molecule has 2 amide bonds. The normalized spacial score (nSPS) is 13.7. The van der Waals surface area contributed by atoms with E-state index >= 15 is 0 Å². The molecule has 0 aliphatic carbocycles. The summed E-state index contributed by atoms with van der Waals surface area (Å²) in [6, 6.07) is 1.34. The number of nitro benzene ring substituents is 2. The number of urea groups is 1. The van der Waals surface area contributed by atoms with Crippen molar-refractivity contribution in [3.63, 3.8) is 0 Å². The highest BCUT2D eigenvalue weighted by Gasteiger charge is 2.38. The van der Waals surface area contributed by atoms with Crippen LogP contribution in [0.3, 0.4) is 0 Å². The van der Waals surface area contributed by atoms with Crippen molar-refractivity contribution in [2.45, 2.75) is 9.79 Å². The molecule has 2 aromatic carbocycles. The Bertz CT molecular complexity index is 1400. The Morgan fingerprint density at radius 3 is 1.36 bits per heavy atom. The molecule has 19 nitrogen and oxygen atoms in total. The van der Waals surface area contributed by atoms with Gasteiger partial charge in [0.05, 0.1) is 36.2 Å². The molecule has 4 N–H and O–H groups in total. The Hall–Kier alpha value is -4.47. The van der Waals surface area contributed by atoms with Crippen LogP contribution in [0.4, 0.5) is 27.5 Å². The third-order valence-electron chi connectivity index (χ3n) is 4.54. The minimum Gasteiger partial charge on any atom is -0.494 e. The quantitative estimate of drug-likeness (QED) is 0.197. The second-order valence-electron chi connectivity index (χ2n) is 6.62. The number of hydrogen-bond acceptors (Lipinski definition) is 13. The first-order valence-corrected chi connectivity index (χ1v) is 11.8. The minimum atomic E-state index is -5.19. The van der Waals surface area contributed by atoms with E-state index in [2.05, 4.69) is 10.9 Å². The van der Waals surface area contributed by atoms with Gasteiger partial charge in [0.15, 0.2) is 21.3 Å². The molecule has 0 saturated carbocycles. The van der Waals surface area contributed by atoms with E-state index in [0.29, 0.717) is 34.5 Å². The maximum absolute atomic E-state index is 12.2. The smallest absolute Gasteiger partial charge is 0.355 e. The summed E-state index contributed by atoms with van der Waals surface area (Å²) in [5, 5.41) is 24.0. The number of rotatable bonds is 8. The molecule has 1 aliphatic heterocycles. The summed E-state index contributed by atoms with van der Waals surface area (Å²) in [5.41, 5.74) is 1.23. The van der Waals surface area contributed by atoms with Gasteiger partial charge in [0.25, 0.3) is 11.4 Å². The van der Waals surface area contributed by atoms with Crippen molar-refractivity contribution >= 4 is 49.0 Å². The molecule has 0 radical (unpaired) electrons. The lowest BCUT2D eigenvalue weighted by molar-refractivity contribution is -0.388. The molecule has 21 heteroatoms. The summed E-state index contributed by atoms with van der Waals surface area (Å²) in [5.74, 6) is -0.835. The number of nitro groups is 2. The number of benzene rings is 2. The van der Waals surface area contributed by atoms with Gasteiger partial charge in [0.1, 0.15) is 11.4 Å². The lowest BCUT2D eigenvalue weighted by atomic mass is 10.2. The first-order chi connectivity index (χ1) is 16.6. The molecule has 0 atom stereocenters. The van der Waals surface area contributed by atoms with Crippen molar-refractivity contribution in [3.05, 3.63) is 44.5 Å². The number of nitrogens with zero attached hydrogens (tertiary/aromatic N) is 4. The van der Waals surface area contributed by atoms with Crippen LogP contribution < -0.4 is 30.6 Å². The van der Waals surface area contributed by atoms with Crippen LogP contribution >= 0.6 is 0 Å². The minimum absolute atomic E-state index is 0.418. The Morgan fingerprint density at radius 2 is 1.11 bits per heavy atom. The van der Waals surface area contributed by atoms with E-state index in [-0.39, 0.29) is 0 Å². The molecule has 0 aromatic heterocycles. The number of hydrazine groups is 3. The van der Waals surface area contributed by atoms with Gasteiger partial charge in [-0.3, -0.25) is 29.3 Å². The van der Waals surface area contributed by atoms with Crippen molar-refractivity contribution in [2.75, 3.05) is 24.5 Å². The molecular formula is C15H14N6O13S2. The van der Waals surface area contributed by atoms with Crippen molar-refractivity contribution in [2.24, 2.45) is 0 Å². The van der Waals surface area contributed by atoms with Crippen LogP contribution in [0.25, 0.3) is 0 Å². The Kier molecular flexibility index (Phi) is 6.50. The summed E-state index contributed by atoms with van der Waals surface area (Å²) in [4.78, 5) is 30.2. The number of nitrogens with one attached hydrogen (secondary N) is 2. The van der Waals surface area contributed by atoms with Crippen LogP contribution in [0.2, 0.25) is 0 Å². The van der Waals surface area contributed by atoms with Crippen molar-refractivity contribution in [1.29, 1.82) is 0 Å². The molecule has 1 aliphatic rings. The van der Waals surface area contributed by atoms with Crippen LogP contribution in [0.5, 0.6) is 11.5 Å². The molecule has 0 bridgehead atoms. The summed E-state index contributed by atoms with van der Waals surface area (Å²) in [6.07, 6.45) is 0. The fraction of sp³-hybridized carbons (Fsp3) is 0.133. The average molecular weight is 550 g/mol.